The number of rotatable bonds is 4. The number of hydrogen-bond donors (Lipinski definition) is 2. The van der Waals surface area contributed by atoms with Crippen LogP contribution in [0.3, 0.4) is 0 Å². The molecule has 1 heterocycles. The molecule has 22 heavy (non-hydrogen) atoms. The molecule has 1 aliphatic heterocycles. The fraction of sp³-hybridized carbons (Fsp3) is 0.500. The Hall–Kier alpha value is -1.80. The number of halogens is 3. The average molecular weight is 318 g/mol. The molecule has 0 saturated carbocycles. The summed E-state index contributed by atoms with van der Waals surface area (Å²) in [5.74, 6) is -0.165. The topological polar surface area (TPSA) is 59.6 Å². The number of alkyl halides is 3. The van der Waals surface area contributed by atoms with E-state index in [4.69, 9.17) is 9.47 Å². The van der Waals surface area contributed by atoms with E-state index in [1.165, 1.54) is 12.1 Å². The predicted octanol–water partition coefficient (Wildman–Crippen LogP) is 1.86. The van der Waals surface area contributed by atoms with Crippen LogP contribution in [-0.2, 0) is 9.53 Å². The Kier molecular flexibility index (Phi) is 5.25. The molecule has 1 aliphatic rings. The standard InChI is InChI=1S/C14H17F3N2O3/c1-9-6-10(2-3-11(9)22-8-14(15,16)17)19-13(20)12-7-18-4-5-21-12/h2-3,6,12,18H,4-5,7-8H2,1H3,(H,19,20). The van der Waals surface area contributed by atoms with Gasteiger partial charge in [-0.1, -0.05) is 0 Å². The van der Waals surface area contributed by atoms with Gasteiger partial charge in [0.1, 0.15) is 11.9 Å². The third-order valence-corrected chi connectivity index (χ3v) is 3.05. The first-order valence-electron chi connectivity index (χ1n) is 6.78. The highest BCUT2D eigenvalue weighted by Gasteiger charge is 2.28. The molecule has 2 rings (SSSR count). The highest BCUT2D eigenvalue weighted by molar-refractivity contribution is 5.94. The van der Waals surface area contributed by atoms with E-state index in [1.807, 2.05) is 0 Å². The lowest BCUT2D eigenvalue weighted by Crippen LogP contribution is -2.45. The highest BCUT2D eigenvalue weighted by Crippen LogP contribution is 2.24. The Balaban J connectivity index is 1.95. The zero-order valence-corrected chi connectivity index (χ0v) is 12.0. The lowest BCUT2D eigenvalue weighted by atomic mass is 10.2. The van der Waals surface area contributed by atoms with Gasteiger partial charge in [0.2, 0.25) is 0 Å². The minimum absolute atomic E-state index is 0.130. The molecule has 0 bridgehead atoms. The van der Waals surface area contributed by atoms with Crippen LogP contribution in [0.1, 0.15) is 5.56 Å². The van der Waals surface area contributed by atoms with Crippen molar-refractivity contribution in [3.63, 3.8) is 0 Å². The SMILES string of the molecule is Cc1cc(NC(=O)C2CNCCO2)ccc1OCC(F)(F)F. The van der Waals surface area contributed by atoms with E-state index in [1.54, 1.807) is 13.0 Å². The number of benzene rings is 1. The number of anilines is 1. The third kappa shape index (κ3) is 4.88. The van der Waals surface area contributed by atoms with E-state index in [2.05, 4.69) is 10.6 Å². The van der Waals surface area contributed by atoms with Crippen LogP contribution in [0.5, 0.6) is 5.75 Å². The molecular weight excluding hydrogens is 301 g/mol. The second-order valence-electron chi connectivity index (χ2n) is 4.94. The number of carbonyl (C=O) groups is 1. The lowest BCUT2D eigenvalue weighted by molar-refractivity contribution is -0.153. The monoisotopic (exact) mass is 318 g/mol. The van der Waals surface area contributed by atoms with Gasteiger partial charge in [0.05, 0.1) is 6.61 Å². The van der Waals surface area contributed by atoms with Gasteiger partial charge in [-0.25, -0.2) is 0 Å². The number of amides is 1. The van der Waals surface area contributed by atoms with Crippen molar-refractivity contribution in [3.8, 4) is 5.75 Å². The van der Waals surface area contributed by atoms with E-state index in [0.29, 0.717) is 30.9 Å². The third-order valence-electron chi connectivity index (χ3n) is 3.05. The summed E-state index contributed by atoms with van der Waals surface area (Å²) in [4.78, 5) is 12.0. The van der Waals surface area contributed by atoms with Crippen molar-refractivity contribution >= 4 is 11.6 Å². The Morgan fingerprint density at radius 1 is 1.50 bits per heavy atom. The van der Waals surface area contributed by atoms with Crippen LogP contribution in [0.15, 0.2) is 18.2 Å². The van der Waals surface area contributed by atoms with Crippen molar-refractivity contribution in [1.82, 2.24) is 5.32 Å². The summed E-state index contributed by atoms with van der Waals surface area (Å²) in [6, 6.07) is 4.45. The molecule has 1 fully saturated rings. The molecule has 8 heteroatoms. The van der Waals surface area contributed by atoms with Crippen molar-refractivity contribution in [2.75, 3.05) is 31.6 Å². The van der Waals surface area contributed by atoms with Crippen molar-refractivity contribution in [3.05, 3.63) is 23.8 Å². The zero-order chi connectivity index (χ0) is 16.2. The van der Waals surface area contributed by atoms with Crippen LogP contribution in [0, 0.1) is 6.92 Å². The van der Waals surface area contributed by atoms with Crippen molar-refractivity contribution in [2.24, 2.45) is 0 Å². The molecular formula is C14H17F3N2O3. The minimum atomic E-state index is -4.38. The maximum atomic E-state index is 12.1. The first kappa shape index (κ1) is 16.6. The second kappa shape index (κ2) is 6.97. The van der Waals surface area contributed by atoms with E-state index in [0.717, 1.165) is 0 Å². The molecule has 5 nitrogen and oxygen atoms in total. The minimum Gasteiger partial charge on any atom is -0.484 e. The number of hydrogen-bond acceptors (Lipinski definition) is 4. The first-order chi connectivity index (χ1) is 10.3. The number of nitrogens with one attached hydrogen (secondary N) is 2. The summed E-state index contributed by atoms with van der Waals surface area (Å²) in [7, 11) is 0. The normalized spacial score (nSPS) is 18.8. The van der Waals surface area contributed by atoms with Crippen LogP contribution in [0.2, 0.25) is 0 Å². The fourth-order valence-corrected chi connectivity index (χ4v) is 2.01. The first-order valence-corrected chi connectivity index (χ1v) is 6.78. The van der Waals surface area contributed by atoms with Gasteiger partial charge in [-0.05, 0) is 30.7 Å². The van der Waals surface area contributed by atoms with E-state index in [9.17, 15) is 18.0 Å². The molecule has 1 unspecified atom stereocenters. The lowest BCUT2D eigenvalue weighted by Gasteiger charge is -2.22. The summed E-state index contributed by atoms with van der Waals surface area (Å²) < 4.78 is 46.4. The molecule has 2 N–H and O–H groups in total. The Morgan fingerprint density at radius 3 is 2.86 bits per heavy atom. The molecule has 1 atom stereocenters. The van der Waals surface area contributed by atoms with E-state index in [-0.39, 0.29) is 11.7 Å². The van der Waals surface area contributed by atoms with Crippen LogP contribution in [-0.4, -0.2) is 44.5 Å². The van der Waals surface area contributed by atoms with E-state index >= 15 is 0 Å². The smallest absolute Gasteiger partial charge is 0.422 e. The van der Waals surface area contributed by atoms with Crippen molar-refractivity contribution < 1.29 is 27.4 Å². The van der Waals surface area contributed by atoms with E-state index < -0.39 is 18.9 Å². The maximum absolute atomic E-state index is 12.1. The molecule has 0 aliphatic carbocycles. The molecule has 1 aromatic rings. The van der Waals surface area contributed by atoms with Crippen molar-refractivity contribution in [1.29, 1.82) is 0 Å². The Morgan fingerprint density at radius 2 is 2.27 bits per heavy atom. The maximum Gasteiger partial charge on any atom is 0.422 e. The fourth-order valence-electron chi connectivity index (χ4n) is 2.01. The summed E-state index contributed by atoms with van der Waals surface area (Å²) in [6.07, 6.45) is -4.96. The van der Waals surface area contributed by atoms with Gasteiger partial charge in [0.25, 0.3) is 5.91 Å². The number of morpholine rings is 1. The van der Waals surface area contributed by atoms with Gasteiger partial charge < -0.3 is 20.1 Å². The quantitative estimate of drug-likeness (QED) is 0.890. The summed E-state index contributed by atoms with van der Waals surface area (Å²) in [5.41, 5.74) is 0.987. The van der Waals surface area contributed by atoms with Crippen molar-refractivity contribution in [2.45, 2.75) is 19.2 Å². The Labute approximate surface area is 125 Å². The molecule has 1 aromatic carbocycles. The number of ether oxygens (including phenoxy) is 2. The molecule has 0 radical (unpaired) electrons. The largest absolute Gasteiger partial charge is 0.484 e. The van der Waals surface area contributed by atoms with Gasteiger partial charge in [-0.15, -0.1) is 0 Å². The van der Waals surface area contributed by atoms with Gasteiger partial charge in [-0.3, -0.25) is 4.79 Å². The molecule has 1 amide bonds. The summed E-state index contributed by atoms with van der Waals surface area (Å²) in [5, 5.41) is 5.71. The average Bonchev–Trinajstić information content (AvgIpc) is 2.46. The second-order valence-corrected chi connectivity index (χ2v) is 4.94. The van der Waals surface area contributed by atoms with Crippen LogP contribution >= 0.6 is 0 Å². The highest BCUT2D eigenvalue weighted by atomic mass is 19.4. The van der Waals surface area contributed by atoms with Crippen LogP contribution in [0.25, 0.3) is 0 Å². The zero-order valence-electron chi connectivity index (χ0n) is 12.0. The van der Waals surface area contributed by atoms with Gasteiger partial charge in [0.15, 0.2) is 6.61 Å². The Bertz CT molecular complexity index is 529. The summed E-state index contributed by atoms with van der Waals surface area (Å²) in [6.45, 7) is 1.86. The number of carbonyl (C=O) groups excluding carboxylic acids is 1. The predicted molar refractivity (Wildman–Crippen MR) is 74.0 cm³/mol. The van der Waals surface area contributed by atoms with Crippen LogP contribution < -0.4 is 15.4 Å². The molecule has 0 spiro atoms. The molecule has 1 saturated heterocycles. The summed E-state index contributed by atoms with van der Waals surface area (Å²) >= 11 is 0. The van der Waals surface area contributed by atoms with Gasteiger partial charge in [-0.2, -0.15) is 13.2 Å². The van der Waals surface area contributed by atoms with Gasteiger partial charge >= 0.3 is 6.18 Å². The van der Waals surface area contributed by atoms with Crippen LogP contribution in [0.4, 0.5) is 18.9 Å². The molecule has 0 aromatic heterocycles. The van der Waals surface area contributed by atoms with Gasteiger partial charge in [0, 0.05) is 18.8 Å². The molecule has 122 valence electrons. The number of aryl methyl sites for hydroxylation is 1.